The van der Waals surface area contributed by atoms with Gasteiger partial charge in [0.2, 0.25) is 0 Å². The molecule has 0 aliphatic heterocycles. The second-order valence-electron chi connectivity index (χ2n) is 2.95. The summed E-state index contributed by atoms with van der Waals surface area (Å²) >= 11 is 6.06. The molecule has 0 spiro atoms. The number of rotatable bonds is 5. The fourth-order valence-corrected chi connectivity index (χ4v) is 1.56. The predicted octanol–water partition coefficient (Wildman–Crippen LogP) is 2.30. The largest absolute Gasteiger partial charge is 0.491 e. The Morgan fingerprint density at radius 3 is 2.81 bits per heavy atom. The van der Waals surface area contributed by atoms with E-state index in [-0.39, 0.29) is 0 Å². The first kappa shape index (κ1) is 12.6. The van der Waals surface area contributed by atoms with Crippen LogP contribution >= 0.6 is 11.6 Å². The standard InChI is InChI=1S/C11H15ClN2O2/c1-4-16-10-6-8(7-14-13-2)5-9(12)11(10)15-3/h5-7,13H,4H2,1-3H3/b14-7+. The molecule has 1 N–H and O–H groups in total. The summed E-state index contributed by atoms with van der Waals surface area (Å²) in [6, 6.07) is 3.60. The van der Waals surface area contributed by atoms with Gasteiger partial charge in [0.05, 0.1) is 25.0 Å². The van der Waals surface area contributed by atoms with Crippen LogP contribution in [-0.2, 0) is 0 Å². The van der Waals surface area contributed by atoms with Crippen LogP contribution in [0.5, 0.6) is 11.5 Å². The zero-order valence-electron chi connectivity index (χ0n) is 9.58. The number of hydrazone groups is 1. The molecule has 0 aliphatic carbocycles. The molecule has 0 aliphatic rings. The van der Waals surface area contributed by atoms with Gasteiger partial charge in [-0.05, 0) is 24.6 Å². The molecule has 0 fully saturated rings. The Morgan fingerprint density at radius 2 is 2.25 bits per heavy atom. The lowest BCUT2D eigenvalue weighted by Gasteiger charge is -2.11. The third-order valence-corrected chi connectivity index (χ3v) is 2.16. The van der Waals surface area contributed by atoms with Crippen LogP contribution in [0.25, 0.3) is 0 Å². The number of halogens is 1. The van der Waals surface area contributed by atoms with Gasteiger partial charge in [0.15, 0.2) is 11.5 Å². The fraction of sp³-hybridized carbons (Fsp3) is 0.364. The highest BCUT2D eigenvalue weighted by Gasteiger charge is 2.10. The van der Waals surface area contributed by atoms with E-state index < -0.39 is 0 Å². The van der Waals surface area contributed by atoms with Gasteiger partial charge in [0, 0.05) is 7.05 Å². The van der Waals surface area contributed by atoms with Gasteiger partial charge in [-0.1, -0.05) is 11.6 Å². The van der Waals surface area contributed by atoms with Crippen molar-refractivity contribution in [2.75, 3.05) is 20.8 Å². The molecule has 16 heavy (non-hydrogen) atoms. The van der Waals surface area contributed by atoms with Gasteiger partial charge >= 0.3 is 0 Å². The molecule has 0 saturated carbocycles. The number of methoxy groups -OCH3 is 1. The van der Waals surface area contributed by atoms with E-state index in [2.05, 4.69) is 10.5 Å². The van der Waals surface area contributed by atoms with Crippen molar-refractivity contribution >= 4 is 17.8 Å². The highest BCUT2D eigenvalue weighted by molar-refractivity contribution is 6.32. The summed E-state index contributed by atoms with van der Waals surface area (Å²) in [4.78, 5) is 0. The number of nitrogens with one attached hydrogen (secondary N) is 1. The monoisotopic (exact) mass is 242 g/mol. The van der Waals surface area contributed by atoms with Crippen molar-refractivity contribution in [3.63, 3.8) is 0 Å². The Kier molecular flexibility index (Phi) is 4.92. The van der Waals surface area contributed by atoms with Gasteiger partial charge < -0.3 is 14.9 Å². The van der Waals surface area contributed by atoms with E-state index in [4.69, 9.17) is 21.1 Å². The van der Waals surface area contributed by atoms with E-state index in [0.29, 0.717) is 23.1 Å². The number of hydrogen-bond donors (Lipinski definition) is 1. The number of benzene rings is 1. The van der Waals surface area contributed by atoms with Gasteiger partial charge in [0.25, 0.3) is 0 Å². The minimum atomic E-state index is 0.506. The lowest BCUT2D eigenvalue weighted by Crippen LogP contribution is -1.99. The van der Waals surface area contributed by atoms with E-state index >= 15 is 0 Å². The van der Waals surface area contributed by atoms with Crippen LogP contribution < -0.4 is 14.9 Å². The predicted molar refractivity (Wildman–Crippen MR) is 65.8 cm³/mol. The van der Waals surface area contributed by atoms with Gasteiger partial charge in [-0.3, -0.25) is 0 Å². The second kappa shape index (κ2) is 6.23. The van der Waals surface area contributed by atoms with Crippen LogP contribution in [0, 0.1) is 0 Å². The van der Waals surface area contributed by atoms with Crippen molar-refractivity contribution in [3.8, 4) is 11.5 Å². The van der Waals surface area contributed by atoms with Gasteiger partial charge in [-0.15, -0.1) is 0 Å². The molecule has 4 nitrogen and oxygen atoms in total. The van der Waals surface area contributed by atoms with Gasteiger partial charge in [-0.2, -0.15) is 5.10 Å². The molecular formula is C11H15ClN2O2. The smallest absolute Gasteiger partial charge is 0.179 e. The average Bonchev–Trinajstić information content (AvgIpc) is 2.26. The summed E-state index contributed by atoms with van der Waals surface area (Å²) < 4.78 is 10.6. The maximum absolute atomic E-state index is 6.06. The van der Waals surface area contributed by atoms with Crippen LogP contribution in [0.4, 0.5) is 0 Å². The Bertz CT molecular complexity index is 380. The van der Waals surface area contributed by atoms with E-state index in [1.54, 1.807) is 26.4 Å². The Hall–Kier alpha value is -1.42. The second-order valence-corrected chi connectivity index (χ2v) is 3.36. The minimum absolute atomic E-state index is 0.506. The third-order valence-electron chi connectivity index (χ3n) is 1.88. The molecule has 0 atom stereocenters. The third kappa shape index (κ3) is 3.03. The highest BCUT2D eigenvalue weighted by Crippen LogP contribution is 2.35. The summed E-state index contributed by atoms with van der Waals surface area (Å²) in [7, 11) is 3.29. The first-order valence-corrected chi connectivity index (χ1v) is 5.30. The molecule has 0 radical (unpaired) electrons. The highest BCUT2D eigenvalue weighted by atomic mass is 35.5. The van der Waals surface area contributed by atoms with Crippen molar-refractivity contribution in [1.82, 2.24) is 5.43 Å². The Balaban J connectivity index is 3.11. The fourth-order valence-electron chi connectivity index (χ4n) is 1.26. The van der Waals surface area contributed by atoms with Crippen molar-refractivity contribution in [2.24, 2.45) is 5.10 Å². The SMILES string of the molecule is CCOc1cc(/C=N/NC)cc(Cl)c1OC. The first-order chi connectivity index (χ1) is 7.72. The van der Waals surface area contributed by atoms with E-state index in [1.807, 2.05) is 13.0 Å². The Labute approximate surface area is 100 Å². The zero-order valence-corrected chi connectivity index (χ0v) is 10.3. The molecule has 0 bridgehead atoms. The van der Waals surface area contributed by atoms with Crippen molar-refractivity contribution in [3.05, 3.63) is 22.7 Å². The molecule has 0 heterocycles. The van der Waals surface area contributed by atoms with Crippen LogP contribution in [0.1, 0.15) is 12.5 Å². The molecule has 5 heteroatoms. The molecule has 0 saturated heterocycles. The molecule has 1 aromatic rings. The van der Waals surface area contributed by atoms with Crippen LogP contribution in [0.2, 0.25) is 5.02 Å². The number of hydrogen-bond acceptors (Lipinski definition) is 4. The molecule has 88 valence electrons. The normalized spacial score (nSPS) is 10.5. The first-order valence-electron chi connectivity index (χ1n) is 4.93. The molecule has 0 amide bonds. The quantitative estimate of drug-likeness (QED) is 0.637. The van der Waals surface area contributed by atoms with Gasteiger partial charge in [-0.25, -0.2) is 0 Å². The summed E-state index contributed by atoms with van der Waals surface area (Å²) in [6.45, 7) is 2.46. The van der Waals surface area contributed by atoms with E-state index in [9.17, 15) is 0 Å². The summed E-state index contributed by atoms with van der Waals surface area (Å²) in [5.74, 6) is 1.17. The van der Waals surface area contributed by atoms with E-state index in [0.717, 1.165) is 5.56 Å². The zero-order chi connectivity index (χ0) is 12.0. The lowest BCUT2D eigenvalue weighted by atomic mass is 10.2. The van der Waals surface area contributed by atoms with Gasteiger partial charge in [0.1, 0.15) is 0 Å². The lowest BCUT2D eigenvalue weighted by molar-refractivity contribution is 0.311. The summed E-state index contributed by atoms with van der Waals surface area (Å²) in [6.07, 6.45) is 1.66. The van der Waals surface area contributed by atoms with Crippen molar-refractivity contribution in [1.29, 1.82) is 0 Å². The molecule has 0 aromatic heterocycles. The minimum Gasteiger partial charge on any atom is -0.491 e. The number of nitrogens with zero attached hydrogens (tertiary/aromatic N) is 1. The summed E-state index contributed by atoms with van der Waals surface area (Å²) in [5.41, 5.74) is 3.52. The summed E-state index contributed by atoms with van der Waals surface area (Å²) in [5, 5.41) is 4.42. The van der Waals surface area contributed by atoms with Crippen molar-refractivity contribution < 1.29 is 9.47 Å². The van der Waals surface area contributed by atoms with Crippen LogP contribution in [0.3, 0.4) is 0 Å². The molecule has 1 aromatic carbocycles. The molecule has 1 rings (SSSR count). The van der Waals surface area contributed by atoms with Crippen molar-refractivity contribution in [2.45, 2.75) is 6.92 Å². The van der Waals surface area contributed by atoms with Crippen LogP contribution in [-0.4, -0.2) is 27.0 Å². The average molecular weight is 243 g/mol. The Morgan fingerprint density at radius 1 is 1.50 bits per heavy atom. The molecule has 0 unspecified atom stereocenters. The maximum atomic E-state index is 6.06. The molecular weight excluding hydrogens is 228 g/mol. The number of ether oxygens (including phenoxy) is 2. The van der Waals surface area contributed by atoms with E-state index in [1.165, 1.54) is 0 Å². The van der Waals surface area contributed by atoms with Crippen LogP contribution in [0.15, 0.2) is 17.2 Å². The maximum Gasteiger partial charge on any atom is 0.179 e. The topological polar surface area (TPSA) is 42.8 Å².